The van der Waals surface area contributed by atoms with Crippen molar-refractivity contribution in [2.75, 3.05) is 18.4 Å². The highest BCUT2D eigenvalue weighted by Gasteiger charge is 2.27. The van der Waals surface area contributed by atoms with E-state index in [1.54, 1.807) is 12.1 Å². The first-order chi connectivity index (χ1) is 9.08. The minimum atomic E-state index is -0.282. The Morgan fingerprint density at radius 1 is 1.42 bits per heavy atom. The third kappa shape index (κ3) is 4.01. The standard InChI is InChI=1S/C14H17BrFNO2/c1-10-8-17(9-13(7-15)19-10)14(18)6-11-2-4-12(16)5-3-11/h2-5,10,13H,6-9H2,1H3. The molecule has 0 aromatic heterocycles. The van der Waals surface area contributed by atoms with Gasteiger partial charge >= 0.3 is 0 Å². The van der Waals surface area contributed by atoms with Crippen molar-refractivity contribution in [3.63, 3.8) is 0 Å². The molecule has 1 amide bonds. The number of rotatable bonds is 3. The van der Waals surface area contributed by atoms with Crippen molar-refractivity contribution in [1.29, 1.82) is 0 Å². The van der Waals surface area contributed by atoms with Crippen LogP contribution < -0.4 is 0 Å². The lowest BCUT2D eigenvalue weighted by Gasteiger charge is -2.36. The van der Waals surface area contributed by atoms with Gasteiger partial charge in [-0.3, -0.25) is 4.79 Å². The lowest BCUT2D eigenvalue weighted by molar-refractivity contribution is -0.142. The molecule has 0 radical (unpaired) electrons. The van der Waals surface area contributed by atoms with Gasteiger partial charge in [0.25, 0.3) is 0 Å². The van der Waals surface area contributed by atoms with E-state index in [4.69, 9.17) is 4.74 Å². The minimum absolute atomic E-state index is 0.0425. The van der Waals surface area contributed by atoms with Gasteiger partial charge in [0, 0.05) is 18.4 Å². The summed E-state index contributed by atoms with van der Waals surface area (Å²) in [5.41, 5.74) is 0.834. The number of hydrogen-bond donors (Lipinski definition) is 0. The highest BCUT2D eigenvalue weighted by molar-refractivity contribution is 9.09. The number of benzene rings is 1. The van der Waals surface area contributed by atoms with Gasteiger partial charge in [-0.2, -0.15) is 0 Å². The molecule has 0 bridgehead atoms. The fraction of sp³-hybridized carbons (Fsp3) is 0.500. The number of morpholine rings is 1. The van der Waals surface area contributed by atoms with Crippen LogP contribution in [0, 0.1) is 5.82 Å². The zero-order valence-corrected chi connectivity index (χ0v) is 12.4. The SMILES string of the molecule is CC1CN(C(=O)Cc2ccc(F)cc2)CC(CBr)O1. The van der Waals surface area contributed by atoms with Crippen LogP contribution in [-0.4, -0.2) is 41.4 Å². The van der Waals surface area contributed by atoms with Crippen molar-refractivity contribution in [1.82, 2.24) is 4.90 Å². The Balaban J connectivity index is 1.97. The number of carbonyl (C=O) groups is 1. The average Bonchev–Trinajstić information content (AvgIpc) is 2.40. The maximum atomic E-state index is 12.8. The van der Waals surface area contributed by atoms with E-state index in [0.29, 0.717) is 19.5 Å². The van der Waals surface area contributed by atoms with E-state index in [2.05, 4.69) is 15.9 Å². The van der Waals surface area contributed by atoms with Crippen molar-refractivity contribution < 1.29 is 13.9 Å². The lowest BCUT2D eigenvalue weighted by Crippen LogP contribution is -2.50. The van der Waals surface area contributed by atoms with Gasteiger partial charge in [-0.1, -0.05) is 28.1 Å². The molecule has 0 N–H and O–H groups in total. The minimum Gasteiger partial charge on any atom is -0.371 e. The Hall–Kier alpha value is -0.940. The monoisotopic (exact) mass is 329 g/mol. The van der Waals surface area contributed by atoms with Crippen molar-refractivity contribution in [2.45, 2.75) is 25.6 Å². The summed E-state index contributed by atoms with van der Waals surface area (Å²) in [5.74, 6) is -0.219. The molecule has 1 fully saturated rings. The van der Waals surface area contributed by atoms with Crippen LogP contribution in [0.4, 0.5) is 4.39 Å². The second-order valence-electron chi connectivity index (χ2n) is 4.82. The molecule has 5 heteroatoms. The molecule has 1 heterocycles. The molecule has 2 rings (SSSR count). The molecule has 1 aromatic carbocycles. The maximum Gasteiger partial charge on any atom is 0.227 e. The molecule has 0 saturated carbocycles. The van der Waals surface area contributed by atoms with Crippen LogP contribution in [0.25, 0.3) is 0 Å². The van der Waals surface area contributed by atoms with Crippen LogP contribution in [0.3, 0.4) is 0 Å². The lowest BCUT2D eigenvalue weighted by atomic mass is 10.1. The maximum absolute atomic E-state index is 12.8. The number of nitrogens with zero attached hydrogens (tertiary/aromatic N) is 1. The number of alkyl halides is 1. The van der Waals surface area contributed by atoms with E-state index in [1.807, 2.05) is 11.8 Å². The molecule has 104 valence electrons. The van der Waals surface area contributed by atoms with Crippen molar-refractivity contribution in [2.24, 2.45) is 0 Å². The summed E-state index contributed by atoms with van der Waals surface area (Å²) in [4.78, 5) is 14.0. The molecule has 1 aliphatic rings. The van der Waals surface area contributed by atoms with E-state index in [0.717, 1.165) is 10.9 Å². The summed E-state index contributed by atoms with van der Waals surface area (Å²) in [6.45, 7) is 3.19. The van der Waals surface area contributed by atoms with Gasteiger partial charge in [0.2, 0.25) is 5.91 Å². The van der Waals surface area contributed by atoms with Gasteiger partial charge in [-0.15, -0.1) is 0 Å². The predicted octanol–water partition coefficient (Wildman–Crippen LogP) is 2.38. The summed E-state index contributed by atoms with van der Waals surface area (Å²) < 4.78 is 18.5. The van der Waals surface area contributed by atoms with Gasteiger partial charge < -0.3 is 9.64 Å². The van der Waals surface area contributed by atoms with Crippen LogP contribution in [0.2, 0.25) is 0 Å². The van der Waals surface area contributed by atoms with Crippen LogP contribution in [0.5, 0.6) is 0 Å². The van der Waals surface area contributed by atoms with E-state index >= 15 is 0 Å². The second kappa shape index (κ2) is 6.48. The number of halogens is 2. The summed E-state index contributed by atoms with van der Waals surface area (Å²) in [6, 6.07) is 6.07. The fourth-order valence-electron chi connectivity index (χ4n) is 2.22. The van der Waals surface area contributed by atoms with Crippen molar-refractivity contribution in [3.8, 4) is 0 Å². The van der Waals surface area contributed by atoms with Crippen molar-refractivity contribution in [3.05, 3.63) is 35.6 Å². The molecule has 3 nitrogen and oxygen atoms in total. The molecule has 0 spiro atoms. The van der Waals surface area contributed by atoms with Gasteiger partial charge in [-0.05, 0) is 24.6 Å². The Morgan fingerprint density at radius 2 is 2.11 bits per heavy atom. The van der Waals surface area contributed by atoms with Gasteiger partial charge in [0.1, 0.15) is 5.82 Å². The van der Waals surface area contributed by atoms with Gasteiger partial charge in [0.15, 0.2) is 0 Å². The van der Waals surface area contributed by atoms with Crippen molar-refractivity contribution >= 4 is 21.8 Å². The second-order valence-corrected chi connectivity index (χ2v) is 5.47. The first-order valence-corrected chi connectivity index (χ1v) is 7.44. The molecule has 1 aromatic rings. The Kier molecular flexibility index (Phi) is 4.93. The molecular weight excluding hydrogens is 313 g/mol. The molecule has 19 heavy (non-hydrogen) atoms. The van der Waals surface area contributed by atoms with E-state index in [-0.39, 0.29) is 23.9 Å². The highest BCUT2D eigenvalue weighted by Crippen LogP contribution is 2.14. The fourth-order valence-corrected chi connectivity index (χ4v) is 2.58. The van der Waals surface area contributed by atoms with Gasteiger partial charge in [0.05, 0.1) is 18.6 Å². The summed E-state index contributed by atoms with van der Waals surface area (Å²) in [7, 11) is 0. The Labute approximate surface area is 120 Å². The number of ether oxygens (including phenoxy) is 1. The first-order valence-electron chi connectivity index (χ1n) is 6.32. The summed E-state index contributed by atoms with van der Waals surface area (Å²) in [5, 5.41) is 0.720. The summed E-state index contributed by atoms with van der Waals surface area (Å²) >= 11 is 3.39. The zero-order valence-electron chi connectivity index (χ0n) is 10.8. The number of carbonyl (C=O) groups excluding carboxylic acids is 1. The quantitative estimate of drug-likeness (QED) is 0.797. The Bertz CT molecular complexity index is 438. The Morgan fingerprint density at radius 3 is 2.74 bits per heavy atom. The first kappa shape index (κ1) is 14.5. The van der Waals surface area contributed by atoms with E-state index in [1.165, 1.54) is 12.1 Å². The summed E-state index contributed by atoms with van der Waals surface area (Å²) in [6.07, 6.45) is 0.400. The third-order valence-corrected chi connectivity index (χ3v) is 3.84. The van der Waals surface area contributed by atoms with Crippen LogP contribution in [0.1, 0.15) is 12.5 Å². The third-order valence-electron chi connectivity index (χ3n) is 3.12. The average molecular weight is 330 g/mol. The predicted molar refractivity (Wildman–Crippen MR) is 74.8 cm³/mol. The zero-order chi connectivity index (χ0) is 13.8. The van der Waals surface area contributed by atoms with E-state index in [9.17, 15) is 9.18 Å². The molecule has 0 aliphatic carbocycles. The molecule has 2 atom stereocenters. The molecule has 2 unspecified atom stereocenters. The number of amides is 1. The van der Waals surface area contributed by atoms with E-state index < -0.39 is 0 Å². The normalized spacial score (nSPS) is 23.4. The topological polar surface area (TPSA) is 29.5 Å². The number of hydrogen-bond acceptors (Lipinski definition) is 2. The molecular formula is C14H17BrFNO2. The molecule has 1 saturated heterocycles. The van der Waals surface area contributed by atoms with Gasteiger partial charge in [-0.25, -0.2) is 4.39 Å². The highest BCUT2D eigenvalue weighted by atomic mass is 79.9. The van der Waals surface area contributed by atoms with Crippen LogP contribution in [-0.2, 0) is 16.0 Å². The van der Waals surface area contributed by atoms with Crippen LogP contribution >= 0.6 is 15.9 Å². The largest absolute Gasteiger partial charge is 0.371 e. The smallest absolute Gasteiger partial charge is 0.227 e. The molecule has 1 aliphatic heterocycles. The van der Waals surface area contributed by atoms with Crippen LogP contribution in [0.15, 0.2) is 24.3 Å².